The van der Waals surface area contributed by atoms with E-state index in [0.717, 1.165) is 25.2 Å². The molecule has 1 aliphatic heterocycles. The van der Waals surface area contributed by atoms with E-state index in [4.69, 9.17) is 11.6 Å². The third-order valence-electron chi connectivity index (χ3n) is 3.64. The molecule has 3 nitrogen and oxygen atoms in total. The third-order valence-corrected chi connectivity index (χ3v) is 3.89. The molecule has 1 N–H and O–H groups in total. The van der Waals surface area contributed by atoms with Crippen molar-refractivity contribution in [2.24, 2.45) is 0 Å². The van der Waals surface area contributed by atoms with Gasteiger partial charge in [0.1, 0.15) is 0 Å². The second kappa shape index (κ2) is 6.92. The zero-order valence-corrected chi connectivity index (χ0v) is 12.1. The maximum Gasteiger partial charge on any atom is 0.224 e. The SMILES string of the molecule is CC(CNC(=O)Cc1ccc(Cl)cc1)N1CCCC1. The number of benzene rings is 1. The molecule has 1 aromatic carbocycles. The first kappa shape index (κ1) is 14.4. The maximum atomic E-state index is 11.9. The van der Waals surface area contributed by atoms with E-state index < -0.39 is 0 Å². The molecular weight excluding hydrogens is 260 g/mol. The van der Waals surface area contributed by atoms with Gasteiger partial charge in [0.15, 0.2) is 0 Å². The first-order valence-electron chi connectivity index (χ1n) is 6.90. The molecule has 1 aliphatic rings. The van der Waals surface area contributed by atoms with Crippen molar-refractivity contribution in [2.75, 3.05) is 19.6 Å². The molecule has 2 rings (SSSR count). The molecule has 1 fully saturated rings. The lowest BCUT2D eigenvalue weighted by atomic mass is 10.1. The number of rotatable bonds is 5. The van der Waals surface area contributed by atoms with Crippen molar-refractivity contribution in [3.63, 3.8) is 0 Å². The number of nitrogens with one attached hydrogen (secondary N) is 1. The topological polar surface area (TPSA) is 32.3 Å². The Balaban J connectivity index is 1.73. The van der Waals surface area contributed by atoms with Gasteiger partial charge in [-0.3, -0.25) is 9.69 Å². The number of likely N-dealkylation sites (tertiary alicyclic amines) is 1. The molecule has 1 saturated heterocycles. The molecule has 0 bridgehead atoms. The van der Waals surface area contributed by atoms with Gasteiger partial charge in [0.05, 0.1) is 6.42 Å². The van der Waals surface area contributed by atoms with Crippen LogP contribution in [0.3, 0.4) is 0 Å². The Labute approximate surface area is 119 Å². The number of amides is 1. The predicted octanol–water partition coefficient (Wildman–Crippen LogP) is 2.48. The summed E-state index contributed by atoms with van der Waals surface area (Å²) in [5, 5.41) is 3.71. The molecule has 0 saturated carbocycles. The monoisotopic (exact) mass is 280 g/mol. The molecule has 1 amide bonds. The number of nitrogens with zero attached hydrogens (tertiary/aromatic N) is 1. The van der Waals surface area contributed by atoms with Gasteiger partial charge in [-0.05, 0) is 50.6 Å². The maximum absolute atomic E-state index is 11.9. The van der Waals surface area contributed by atoms with Gasteiger partial charge in [-0.2, -0.15) is 0 Å². The Bertz CT molecular complexity index is 413. The molecule has 0 aromatic heterocycles. The second-order valence-electron chi connectivity index (χ2n) is 5.20. The van der Waals surface area contributed by atoms with Gasteiger partial charge in [-0.15, -0.1) is 0 Å². The molecule has 104 valence electrons. The average Bonchev–Trinajstić information content (AvgIpc) is 2.93. The third kappa shape index (κ3) is 4.51. The Morgan fingerprint density at radius 2 is 1.95 bits per heavy atom. The zero-order valence-electron chi connectivity index (χ0n) is 11.4. The zero-order chi connectivity index (χ0) is 13.7. The van der Waals surface area contributed by atoms with E-state index in [1.165, 1.54) is 12.8 Å². The number of hydrogen-bond donors (Lipinski definition) is 1. The minimum Gasteiger partial charge on any atom is -0.354 e. The van der Waals surface area contributed by atoms with E-state index in [-0.39, 0.29) is 5.91 Å². The van der Waals surface area contributed by atoms with Crippen molar-refractivity contribution < 1.29 is 4.79 Å². The fourth-order valence-corrected chi connectivity index (χ4v) is 2.55. The summed E-state index contributed by atoms with van der Waals surface area (Å²) in [7, 11) is 0. The lowest BCUT2D eigenvalue weighted by molar-refractivity contribution is -0.120. The molecule has 19 heavy (non-hydrogen) atoms. The highest BCUT2D eigenvalue weighted by Crippen LogP contribution is 2.11. The summed E-state index contributed by atoms with van der Waals surface area (Å²) < 4.78 is 0. The van der Waals surface area contributed by atoms with Gasteiger partial charge in [0.25, 0.3) is 0 Å². The minimum atomic E-state index is 0.0772. The first-order chi connectivity index (χ1) is 9.15. The first-order valence-corrected chi connectivity index (χ1v) is 7.28. The van der Waals surface area contributed by atoms with Crippen molar-refractivity contribution in [2.45, 2.75) is 32.2 Å². The summed E-state index contributed by atoms with van der Waals surface area (Å²) >= 11 is 5.82. The highest BCUT2D eigenvalue weighted by Gasteiger charge is 2.18. The van der Waals surface area contributed by atoms with Crippen LogP contribution in [0.15, 0.2) is 24.3 Å². The largest absolute Gasteiger partial charge is 0.354 e. The van der Waals surface area contributed by atoms with Crippen LogP contribution in [-0.4, -0.2) is 36.5 Å². The Morgan fingerprint density at radius 3 is 2.58 bits per heavy atom. The van der Waals surface area contributed by atoms with Gasteiger partial charge >= 0.3 is 0 Å². The van der Waals surface area contributed by atoms with Crippen LogP contribution >= 0.6 is 11.6 Å². The van der Waals surface area contributed by atoms with Crippen LogP contribution in [0.2, 0.25) is 5.02 Å². The molecule has 1 heterocycles. The molecule has 0 aliphatic carbocycles. The lowest BCUT2D eigenvalue weighted by Crippen LogP contribution is -2.41. The summed E-state index contributed by atoms with van der Waals surface area (Å²) in [6, 6.07) is 7.85. The van der Waals surface area contributed by atoms with Gasteiger partial charge < -0.3 is 5.32 Å². The smallest absolute Gasteiger partial charge is 0.224 e. The van der Waals surface area contributed by atoms with Crippen LogP contribution in [0.1, 0.15) is 25.3 Å². The number of carbonyl (C=O) groups is 1. The number of halogens is 1. The summed E-state index contributed by atoms with van der Waals surface area (Å²) in [5.74, 6) is 0.0772. The molecule has 1 atom stereocenters. The van der Waals surface area contributed by atoms with Gasteiger partial charge in [0, 0.05) is 17.6 Å². The predicted molar refractivity (Wildman–Crippen MR) is 78.4 cm³/mol. The molecule has 1 aromatic rings. The molecule has 1 unspecified atom stereocenters. The summed E-state index contributed by atoms with van der Waals surface area (Å²) in [4.78, 5) is 14.3. The van der Waals surface area contributed by atoms with E-state index in [9.17, 15) is 4.79 Å². The number of hydrogen-bond acceptors (Lipinski definition) is 2. The van der Waals surface area contributed by atoms with Gasteiger partial charge in [-0.1, -0.05) is 23.7 Å². The molecule has 4 heteroatoms. The molecule has 0 spiro atoms. The van der Waals surface area contributed by atoms with Crippen molar-refractivity contribution in [3.05, 3.63) is 34.9 Å². The van der Waals surface area contributed by atoms with Crippen LogP contribution in [0, 0.1) is 0 Å². The summed E-state index contributed by atoms with van der Waals surface area (Å²) in [6.45, 7) is 5.22. The quantitative estimate of drug-likeness (QED) is 0.899. The minimum absolute atomic E-state index is 0.0772. The van der Waals surface area contributed by atoms with Crippen molar-refractivity contribution in [3.8, 4) is 0 Å². The molecular formula is C15H21ClN2O. The van der Waals surface area contributed by atoms with Gasteiger partial charge in [0.2, 0.25) is 5.91 Å². The molecule has 0 radical (unpaired) electrons. The van der Waals surface area contributed by atoms with E-state index in [0.29, 0.717) is 17.5 Å². The fourth-order valence-electron chi connectivity index (χ4n) is 2.42. The Kier molecular flexibility index (Phi) is 5.23. The standard InChI is InChI=1S/C15H21ClN2O/c1-12(18-8-2-3-9-18)11-17-15(19)10-13-4-6-14(16)7-5-13/h4-7,12H,2-3,8-11H2,1H3,(H,17,19). The average molecular weight is 281 g/mol. The van der Waals surface area contributed by atoms with Crippen LogP contribution < -0.4 is 5.32 Å². The Hall–Kier alpha value is -1.06. The van der Waals surface area contributed by atoms with Crippen molar-refractivity contribution in [1.82, 2.24) is 10.2 Å². The Morgan fingerprint density at radius 1 is 1.32 bits per heavy atom. The van der Waals surface area contributed by atoms with Crippen LogP contribution in [0.4, 0.5) is 0 Å². The normalized spacial score (nSPS) is 17.4. The van der Waals surface area contributed by atoms with Crippen molar-refractivity contribution in [1.29, 1.82) is 0 Å². The van der Waals surface area contributed by atoms with E-state index >= 15 is 0 Å². The van der Waals surface area contributed by atoms with E-state index in [2.05, 4.69) is 17.1 Å². The van der Waals surface area contributed by atoms with E-state index in [1.54, 1.807) is 0 Å². The second-order valence-corrected chi connectivity index (χ2v) is 5.64. The lowest BCUT2D eigenvalue weighted by Gasteiger charge is -2.23. The van der Waals surface area contributed by atoms with Crippen LogP contribution in [-0.2, 0) is 11.2 Å². The van der Waals surface area contributed by atoms with Crippen LogP contribution in [0.5, 0.6) is 0 Å². The fraction of sp³-hybridized carbons (Fsp3) is 0.533. The highest BCUT2D eigenvalue weighted by molar-refractivity contribution is 6.30. The van der Waals surface area contributed by atoms with E-state index in [1.807, 2.05) is 24.3 Å². The summed E-state index contributed by atoms with van der Waals surface area (Å²) in [6.07, 6.45) is 2.98. The highest BCUT2D eigenvalue weighted by atomic mass is 35.5. The van der Waals surface area contributed by atoms with Crippen molar-refractivity contribution >= 4 is 17.5 Å². The van der Waals surface area contributed by atoms with Gasteiger partial charge in [-0.25, -0.2) is 0 Å². The number of carbonyl (C=O) groups excluding carboxylic acids is 1. The van der Waals surface area contributed by atoms with Crippen LogP contribution in [0.25, 0.3) is 0 Å². The summed E-state index contributed by atoms with van der Waals surface area (Å²) in [5.41, 5.74) is 0.996.